The van der Waals surface area contributed by atoms with Gasteiger partial charge in [0.05, 0.1) is 13.0 Å². The first kappa shape index (κ1) is 12.0. The van der Waals surface area contributed by atoms with E-state index >= 15 is 0 Å². The van der Waals surface area contributed by atoms with E-state index in [-0.39, 0.29) is 17.8 Å². The maximum absolute atomic E-state index is 11.7. The van der Waals surface area contributed by atoms with Crippen LogP contribution in [-0.4, -0.2) is 36.5 Å². The van der Waals surface area contributed by atoms with Crippen LogP contribution < -0.4 is 0 Å². The number of likely N-dealkylation sites (tertiary alicyclic amines) is 1. The molecule has 0 N–H and O–H groups in total. The molecule has 1 fully saturated rings. The highest BCUT2D eigenvalue weighted by Gasteiger charge is 2.25. The molecule has 0 radical (unpaired) electrons. The van der Waals surface area contributed by atoms with E-state index in [0.717, 1.165) is 19.4 Å². The van der Waals surface area contributed by atoms with Gasteiger partial charge in [-0.2, -0.15) is 0 Å². The van der Waals surface area contributed by atoms with Crippen LogP contribution in [0.15, 0.2) is 0 Å². The average molecular weight is 213 g/mol. The smallest absolute Gasteiger partial charge is 0.307 e. The molecule has 0 aromatic heterocycles. The van der Waals surface area contributed by atoms with Gasteiger partial charge < -0.3 is 9.64 Å². The molecule has 1 amide bonds. The van der Waals surface area contributed by atoms with Crippen molar-refractivity contribution in [2.75, 3.05) is 19.7 Å². The first-order valence-corrected chi connectivity index (χ1v) is 5.59. The van der Waals surface area contributed by atoms with Crippen LogP contribution >= 0.6 is 0 Å². The van der Waals surface area contributed by atoms with Crippen LogP contribution in [0, 0.1) is 5.92 Å². The average Bonchev–Trinajstić information content (AvgIpc) is 2.21. The topological polar surface area (TPSA) is 46.6 Å². The van der Waals surface area contributed by atoms with E-state index < -0.39 is 0 Å². The molecule has 1 heterocycles. The van der Waals surface area contributed by atoms with Crippen molar-refractivity contribution in [2.24, 2.45) is 5.92 Å². The quantitative estimate of drug-likeness (QED) is 0.659. The van der Waals surface area contributed by atoms with Crippen molar-refractivity contribution >= 4 is 11.9 Å². The van der Waals surface area contributed by atoms with Gasteiger partial charge in [0.2, 0.25) is 5.91 Å². The van der Waals surface area contributed by atoms with Crippen LogP contribution in [0.1, 0.15) is 33.1 Å². The van der Waals surface area contributed by atoms with Crippen molar-refractivity contribution in [2.45, 2.75) is 33.1 Å². The Labute approximate surface area is 90.6 Å². The zero-order chi connectivity index (χ0) is 11.3. The molecule has 1 aliphatic heterocycles. The standard InChI is InChI=1S/C11H19NO3/c1-3-15-10(13)6-8-12-7-4-5-9(2)11(12)14/h9H,3-8H2,1-2H3. The zero-order valence-electron chi connectivity index (χ0n) is 9.49. The lowest BCUT2D eigenvalue weighted by molar-refractivity contribution is -0.145. The molecule has 86 valence electrons. The number of hydrogen-bond acceptors (Lipinski definition) is 3. The van der Waals surface area contributed by atoms with Gasteiger partial charge in [0, 0.05) is 19.0 Å². The molecule has 0 aromatic rings. The van der Waals surface area contributed by atoms with Gasteiger partial charge in [-0.15, -0.1) is 0 Å². The second-order valence-electron chi connectivity index (χ2n) is 3.92. The minimum Gasteiger partial charge on any atom is -0.466 e. The summed E-state index contributed by atoms with van der Waals surface area (Å²) in [6, 6.07) is 0. The second kappa shape index (κ2) is 5.73. The molecule has 1 aliphatic rings. The molecule has 4 heteroatoms. The molecular weight excluding hydrogens is 194 g/mol. The summed E-state index contributed by atoms with van der Waals surface area (Å²) in [6.07, 6.45) is 2.32. The molecule has 0 saturated carbocycles. The Morgan fingerprint density at radius 3 is 3.00 bits per heavy atom. The number of esters is 1. The summed E-state index contributed by atoms with van der Waals surface area (Å²) in [6.45, 7) is 5.42. The fourth-order valence-corrected chi connectivity index (χ4v) is 1.82. The van der Waals surface area contributed by atoms with Crippen LogP contribution in [0.4, 0.5) is 0 Å². The largest absolute Gasteiger partial charge is 0.466 e. The lowest BCUT2D eigenvalue weighted by Gasteiger charge is -2.30. The predicted octanol–water partition coefficient (Wildman–Crippen LogP) is 1.20. The molecule has 0 spiro atoms. The highest BCUT2D eigenvalue weighted by atomic mass is 16.5. The molecule has 1 atom stereocenters. The Morgan fingerprint density at radius 1 is 1.60 bits per heavy atom. The number of hydrogen-bond donors (Lipinski definition) is 0. The highest BCUT2D eigenvalue weighted by molar-refractivity contribution is 5.79. The minimum absolute atomic E-state index is 0.112. The Hall–Kier alpha value is -1.06. The lowest BCUT2D eigenvalue weighted by atomic mass is 9.99. The number of rotatable bonds is 4. The van der Waals surface area contributed by atoms with Gasteiger partial charge in [-0.1, -0.05) is 6.92 Å². The summed E-state index contributed by atoms with van der Waals surface area (Å²) in [5, 5.41) is 0. The summed E-state index contributed by atoms with van der Waals surface area (Å²) in [7, 11) is 0. The van der Waals surface area contributed by atoms with Gasteiger partial charge in [-0.3, -0.25) is 9.59 Å². The first-order chi connectivity index (χ1) is 7.15. The minimum atomic E-state index is -0.219. The maximum atomic E-state index is 11.7. The summed E-state index contributed by atoms with van der Waals surface area (Å²) >= 11 is 0. The Balaban J connectivity index is 2.31. The Morgan fingerprint density at radius 2 is 2.33 bits per heavy atom. The number of carbonyl (C=O) groups is 2. The number of ether oxygens (including phenoxy) is 1. The third kappa shape index (κ3) is 3.53. The van der Waals surface area contributed by atoms with Crippen LogP contribution in [0.2, 0.25) is 0 Å². The maximum Gasteiger partial charge on any atom is 0.307 e. The zero-order valence-corrected chi connectivity index (χ0v) is 9.49. The predicted molar refractivity (Wildman–Crippen MR) is 56.2 cm³/mol. The molecular formula is C11H19NO3. The van der Waals surface area contributed by atoms with Gasteiger partial charge in [0.25, 0.3) is 0 Å². The first-order valence-electron chi connectivity index (χ1n) is 5.59. The molecule has 15 heavy (non-hydrogen) atoms. The van der Waals surface area contributed by atoms with Crippen LogP contribution in [-0.2, 0) is 14.3 Å². The van der Waals surface area contributed by atoms with E-state index in [9.17, 15) is 9.59 Å². The third-order valence-electron chi connectivity index (χ3n) is 2.69. The van der Waals surface area contributed by atoms with Gasteiger partial charge in [-0.25, -0.2) is 0 Å². The number of carbonyl (C=O) groups excluding carboxylic acids is 2. The molecule has 0 aliphatic carbocycles. The van der Waals surface area contributed by atoms with Crippen LogP contribution in [0.3, 0.4) is 0 Å². The fraction of sp³-hybridized carbons (Fsp3) is 0.818. The molecule has 0 bridgehead atoms. The normalized spacial score (nSPS) is 21.6. The second-order valence-corrected chi connectivity index (χ2v) is 3.92. The third-order valence-corrected chi connectivity index (χ3v) is 2.69. The number of piperidine rings is 1. The Bertz CT molecular complexity index is 240. The van der Waals surface area contributed by atoms with Gasteiger partial charge in [0.15, 0.2) is 0 Å². The Kier molecular flexibility index (Phi) is 4.59. The molecule has 4 nitrogen and oxygen atoms in total. The van der Waals surface area contributed by atoms with Crippen LogP contribution in [0.25, 0.3) is 0 Å². The fourth-order valence-electron chi connectivity index (χ4n) is 1.82. The van der Waals surface area contributed by atoms with E-state index in [1.54, 1.807) is 11.8 Å². The molecule has 1 saturated heterocycles. The van der Waals surface area contributed by atoms with Crippen molar-refractivity contribution in [1.82, 2.24) is 4.90 Å². The molecule has 1 rings (SSSR count). The SMILES string of the molecule is CCOC(=O)CCN1CCCC(C)C1=O. The van der Waals surface area contributed by atoms with Gasteiger partial charge in [-0.05, 0) is 19.8 Å². The molecule has 0 aromatic carbocycles. The summed E-state index contributed by atoms with van der Waals surface area (Å²) in [5.41, 5.74) is 0. The van der Waals surface area contributed by atoms with E-state index in [1.165, 1.54) is 0 Å². The van der Waals surface area contributed by atoms with Crippen LogP contribution in [0.5, 0.6) is 0 Å². The summed E-state index contributed by atoms with van der Waals surface area (Å²) in [4.78, 5) is 24.6. The van der Waals surface area contributed by atoms with E-state index in [2.05, 4.69) is 0 Å². The monoisotopic (exact) mass is 213 g/mol. The van der Waals surface area contributed by atoms with E-state index in [4.69, 9.17) is 4.74 Å². The van der Waals surface area contributed by atoms with Crippen molar-refractivity contribution in [3.63, 3.8) is 0 Å². The lowest BCUT2D eigenvalue weighted by Crippen LogP contribution is -2.41. The number of nitrogens with zero attached hydrogens (tertiary/aromatic N) is 1. The molecule has 1 unspecified atom stereocenters. The number of amides is 1. The van der Waals surface area contributed by atoms with Crippen molar-refractivity contribution in [1.29, 1.82) is 0 Å². The van der Waals surface area contributed by atoms with Crippen molar-refractivity contribution < 1.29 is 14.3 Å². The van der Waals surface area contributed by atoms with Crippen molar-refractivity contribution in [3.05, 3.63) is 0 Å². The summed E-state index contributed by atoms with van der Waals surface area (Å²) < 4.78 is 4.82. The summed E-state index contributed by atoms with van der Waals surface area (Å²) in [5.74, 6) is 0.0648. The highest BCUT2D eigenvalue weighted by Crippen LogP contribution is 2.17. The van der Waals surface area contributed by atoms with E-state index in [1.807, 2.05) is 6.92 Å². The van der Waals surface area contributed by atoms with Gasteiger partial charge in [0.1, 0.15) is 0 Å². The van der Waals surface area contributed by atoms with E-state index in [0.29, 0.717) is 19.6 Å². The van der Waals surface area contributed by atoms with Gasteiger partial charge >= 0.3 is 5.97 Å². The van der Waals surface area contributed by atoms with Crippen molar-refractivity contribution in [3.8, 4) is 0 Å².